The largest absolute Gasteiger partial charge is 0.301 e. The Labute approximate surface area is 197 Å². The van der Waals surface area contributed by atoms with Crippen molar-refractivity contribution in [2.24, 2.45) is 10.2 Å². The van der Waals surface area contributed by atoms with Crippen LogP contribution in [-0.2, 0) is 5.41 Å². The van der Waals surface area contributed by atoms with Crippen LogP contribution in [0.2, 0.25) is 5.02 Å². The summed E-state index contributed by atoms with van der Waals surface area (Å²) in [5.74, 6) is 0. The van der Waals surface area contributed by atoms with Crippen LogP contribution in [0.1, 0.15) is 26.5 Å². The molecule has 0 bridgehead atoms. The van der Waals surface area contributed by atoms with E-state index < -0.39 is 10.5 Å². The smallest absolute Gasteiger partial charge is 0.286 e. The van der Waals surface area contributed by atoms with Crippen molar-refractivity contribution < 1.29 is 4.92 Å². The van der Waals surface area contributed by atoms with Gasteiger partial charge in [-0.25, -0.2) is 4.98 Å². The van der Waals surface area contributed by atoms with E-state index in [-0.39, 0.29) is 16.8 Å². The lowest BCUT2D eigenvalue weighted by atomic mass is 9.93. The van der Waals surface area contributed by atoms with Crippen LogP contribution in [-0.4, -0.2) is 19.7 Å². The summed E-state index contributed by atoms with van der Waals surface area (Å²) in [5.41, 5.74) is 1.69. The first-order chi connectivity index (χ1) is 15.6. The van der Waals surface area contributed by atoms with Crippen LogP contribution in [0.15, 0.2) is 68.9 Å². The van der Waals surface area contributed by atoms with Gasteiger partial charge < -0.3 is 0 Å². The fraction of sp³-hybridized carbons (Fsp3) is 0.182. The molecule has 0 atom stereocenters. The van der Waals surface area contributed by atoms with Gasteiger partial charge in [0, 0.05) is 33.5 Å². The summed E-state index contributed by atoms with van der Waals surface area (Å²) < 4.78 is 1.31. The van der Waals surface area contributed by atoms with E-state index in [2.05, 4.69) is 20.3 Å². The zero-order valence-corrected chi connectivity index (χ0v) is 19.5. The Morgan fingerprint density at radius 1 is 1.09 bits per heavy atom. The SMILES string of the molecule is CC(C)(C)c1csc(-n2[nH]c(-c3ccc([N+](=O)[O-])cc3)c(N=Nc3ccc(Cl)cc3)c2=O)n1. The maximum Gasteiger partial charge on any atom is 0.301 e. The normalized spacial score (nSPS) is 11.9. The number of nitro benzene ring substituents is 1. The molecule has 0 amide bonds. The maximum absolute atomic E-state index is 13.3. The molecule has 4 aromatic rings. The first-order valence-corrected chi connectivity index (χ1v) is 11.1. The molecule has 9 nitrogen and oxygen atoms in total. The molecule has 2 heterocycles. The van der Waals surface area contributed by atoms with Crippen LogP contribution in [0.4, 0.5) is 17.1 Å². The van der Waals surface area contributed by atoms with Gasteiger partial charge in [-0.2, -0.15) is 9.80 Å². The monoisotopic (exact) mass is 482 g/mol. The molecule has 2 aromatic heterocycles. The number of non-ortho nitro benzene ring substituents is 1. The Hall–Kier alpha value is -3.63. The molecule has 0 aliphatic carbocycles. The van der Waals surface area contributed by atoms with Crippen LogP contribution in [0.5, 0.6) is 0 Å². The molecule has 0 spiro atoms. The molecular weight excluding hydrogens is 464 g/mol. The molecule has 11 heteroatoms. The minimum Gasteiger partial charge on any atom is -0.286 e. The number of thiazole rings is 1. The molecule has 0 radical (unpaired) electrons. The molecule has 2 aromatic carbocycles. The number of H-pyrrole nitrogens is 1. The minimum atomic E-state index is -0.484. The predicted molar refractivity (Wildman–Crippen MR) is 128 cm³/mol. The Morgan fingerprint density at radius 3 is 2.33 bits per heavy atom. The van der Waals surface area contributed by atoms with Gasteiger partial charge in [0.1, 0.15) is 0 Å². The molecule has 0 saturated heterocycles. The van der Waals surface area contributed by atoms with Crippen molar-refractivity contribution in [2.75, 3.05) is 0 Å². The third-order valence-corrected chi connectivity index (χ3v) is 5.85. The third kappa shape index (κ3) is 4.76. The van der Waals surface area contributed by atoms with Crippen LogP contribution in [0.3, 0.4) is 0 Å². The standard InChI is InChI=1S/C22H19ClN6O3S/c1-22(2,3)17-12-33-21(24-17)28-20(30)19(26-25-15-8-6-14(23)7-9-15)18(27-28)13-4-10-16(11-5-13)29(31)32/h4-12,27H,1-3H3. The van der Waals surface area contributed by atoms with Gasteiger partial charge in [-0.3, -0.25) is 20.0 Å². The average molecular weight is 483 g/mol. The van der Waals surface area contributed by atoms with Gasteiger partial charge in [-0.05, 0) is 36.4 Å². The van der Waals surface area contributed by atoms with Gasteiger partial charge in [0.2, 0.25) is 5.13 Å². The summed E-state index contributed by atoms with van der Waals surface area (Å²) in [5, 5.41) is 25.4. The number of benzene rings is 2. The van der Waals surface area contributed by atoms with E-state index >= 15 is 0 Å². The highest BCUT2D eigenvalue weighted by molar-refractivity contribution is 7.12. The van der Waals surface area contributed by atoms with Gasteiger partial charge in [-0.15, -0.1) is 16.5 Å². The number of nitrogens with one attached hydrogen (secondary N) is 1. The summed E-state index contributed by atoms with van der Waals surface area (Å²) in [4.78, 5) is 28.4. The highest BCUT2D eigenvalue weighted by Crippen LogP contribution is 2.31. The van der Waals surface area contributed by atoms with Crippen molar-refractivity contribution in [2.45, 2.75) is 26.2 Å². The average Bonchev–Trinajstić information content (AvgIpc) is 3.38. The molecule has 0 aliphatic rings. The Kier molecular flexibility index (Phi) is 5.96. The van der Waals surface area contributed by atoms with Crippen LogP contribution >= 0.6 is 22.9 Å². The Bertz CT molecular complexity index is 1400. The lowest BCUT2D eigenvalue weighted by Gasteiger charge is -2.14. The van der Waals surface area contributed by atoms with E-state index in [0.29, 0.717) is 27.1 Å². The molecule has 1 N–H and O–H groups in total. The van der Waals surface area contributed by atoms with Crippen LogP contribution in [0.25, 0.3) is 16.4 Å². The summed E-state index contributed by atoms with van der Waals surface area (Å²) >= 11 is 7.24. The van der Waals surface area contributed by atoms with Crippen molar-refractivity contribution in [3.63, 3.8) is 0 Å². The minimum absolute atomic E-state index is 0.0559. The Morgan fingerprint density at radius 2 is 1.76 bits per heavy atom. The highest BCUT2D eigenvalue weighted by atomic mass is 35.5. The molecule has 0 aliphatic heterocycles. The summed E-state index contributed by atoms with van der Waals surface area (Å²) in [7, 11) is 0. The van der Waals surface area contributed by atoms with E-state index in [1.165, 1.54) is 28.2 Å². The summed E-state index contributed by atoms with van der Waals surface area (Å²) in [6, 6.07) is 12.5. The van der Waals surface area contributed by atoms with Crippen molar-refractivity contribution in [1.29, 1.82) is 0 Å². The second-order valence-corrected chi connectivity index (χ2v) is 9.49. The van der Waals surface area contributed by atoms with Gasteiger partial charge in [0.15, 0.2) is 5.69 Å². The van der Waals surface area contributed by atoms with Crippen molar-refractivity contribution in [3.8, 4) is 16.4 Å². The molecule has 33 heavy (non-hydrogen) atoms. The van der Waals surface area contributed by atoms with Gasteiger partial charge in [0.05, 0.1) is 22.0 Å². The summed E-state index contributed by atoms with van der Waals surface area (Å²) in [6.07, 6.45) is 0. The lowest BCUT2D eigenvalue weighted by molar-refractivity contribution is -0.384. The number of azo groups is 1. The van der Waals surface area contributed by atoms with E-state index in [1.54, 1.807) is 36.4 Å². The van der Waals surface area contributed by atoms with E-state index in [1.807, 2.05) is 26.2 Å². The van der Waals surface area contributed by atoms with Crippen LogP contribution in [0, 0.1) is 10.1 Å². The number of aromatic nitrogens is 3. The van der Waals surface area contributed by atoms with E-state index in [9.17, 15) is 14.9 Å². The number of rotatable bonds is 5. The molecular formula is C22H19ClN6O3S. The number of halogens is 1. The molecule has 0 fully saturated rings. The van der Waals surface area contributed by atoms with E-state index in [4.69, 9.17) is 11.6 Å². The van der Waals surface area contributed by atoms with Gasteiger partial charge in [-0.1, -0.05) is 32.4 Å². The summed E-state index contributed by atoms with van der Waals surface area (Å²) in [6.45, 7) is 6.12. The van der Waals surface area contributed by atoms with Gasteiger partial charge in [0.25, 0.3) is 5.69 Å². The number of aromatic amines is 1. The topological polar surface area (TPSA) is 119 Å². The predicted octanol–water partition coefficient (Wildman–Crippen LogP) is 6.56. The number of hydrogen-bond acceptors (Lipinski definition) is 7. The van der Waals surface area contributed by atoms with Crippen molar-refractivity contribution in [1.82, 2.24) is 14.8 Å². The zero-order chi connectivity index (χ0) is 23.8. The first-order valence-electron chi connectivity index (χ1n) is 9.87. The fourth-order valence-corrected chi connectivity index (χ4v) is 4.07. The second-order valence-electron chi connectivity index (χ2n) is 8.22. The van der Waals surface area contributed by atoms with E-state index in [0.717, 1.165) is 5.69 Å². The number of hydrogen-bond donors (Lipinski definition) is 1. The fourth-order valence-electron chi connectivity index (χ4n) is 2.93. The van der Waals surface area contributed by atoms with Crippen molar-refractivity contribution >= 4 is 40.0 Å². The second kappa shape index (κ2) is 8.72. The Balaban J connectivity index is 1.83. The number of nitro groups is 1. The highest BCUT2D eigenvalue weighted by Gasteiger charge is 2.22. The number of nitrogens with zero attached hydrogens (tertiary/aromatic N) is 5. The first kappa shape index (κ1) is 22.6. The molecule has 0 saturated carbocycles. The third-order valence-electron chi connectivity index (χ3n) is 4.78. The molecule has 4 rings (SSSR count). The maximum atomic E-state index is 13.3. The quantitative estimate of drug-likeness (QED) is 0.196. The van der Waals surface area contributed by atoms with Crippen molar-refractivity contribution in [3.05, 3.63) is 85.1 Å². The molecule has 0 unspecified atom stereocenters. The van der Waals surface area contributed by atoms with Crippen LogP contribution < -0.4 is 5.56 Å². The van der Waals surface area contributed by atoms with Gasteiger partial charge >= 0.3 is 5.56 Å². The lowest BCUT2D eigenvalue weighted by Crippen LogP contribution is -2.16. The zero-order valence-electron chi connectivity index (χ0n) is 17.9. The molecule has 168 valence electrons.